The van der Waals surface area contributed by atoms with E-state index >= 15 is 0 Å². The second kappa shape index (κ2) is 5.82. The molecule has 0 aromatic carbocycles. The van der Waals surface area contributed by atoms with E-state index in [4.69, 9.17) is 3.95 Å². The summed E-state index contributed by atoms with van der Waals surface area (Å²) in [5.41, 5.74) is 0. The van der Waals surface area contributed by atoms with Crippen LogP contribution in [0.2, 0.25) is 0 Å². The Bertz CT molecular complexity index is 41.8. The Labute approximate surface area is 62.6 Å². The molecule has 0 unspecified atom stereocenters. The molecule has 0 aliphatic heterocycles. The fourth-order valence-electron chi connectivity index (χ4n) is 0.722. The molecule has 0 aliphatic rings. The van der Waals surface area contributed by atoms with Crippen molar-refractivity contribution < 1.29 is 21.5 Å². The molecule has 0 amide bonds. The number of hydrogen-bond donors (Lipinski definition) is 1. The Morgan fingerprint density at radius 3 is 2.62 bits per heavy atom. The second-order valence-electron chi connectivity index (χ2n) is 2.20. The Kier molecular flexibility index (Phi) is 6.32. The van der Waals surface area contributed by atoms with Gasteiger partial charge in [0.05, 0.1) is 0 Å². The summed E-state index contributed by atoms with van der Waals surface area (Å²) in [4.78, 5) is 0. The van der Waals surface area contributed by atoms with Crippen molar-refractivity contribution in [2.45, 2.75) is 26.7 Å². The van der Waals surface area contributed by atoms with Gasteiger partial charge in [0.1, 0.15) is 0 Å². The van der Waals surface area contributed by atoms with Crippen molar-refractivity contribution in [2.24, 2.45) is 9.86 Å². The summed E-state index contributed by atoms with van der Waals surface area (Å²) in [6.45, 7) is 4.52. The van der Waals surface area contributed by atoms with E-state index in [0.29, 0.717) is 0 Å². The van der Waals surface area contributed by atoms with Gasteiger partial charge in [-0.15, -0.1) is 0 Å². The molecule has 0 aromatic heterocycles. The summed E-state index contributed by atoms with van der Waals surface area (Å²) < 4.78 is 6.77. The fourth-order valence-corrected chi connectivity index (χ4v) is 2.03. The maximum absolute atomic E-state index is 5.47. The van der Waals surface area contributed by atoms with Crippen LogP contribution in [0.15, 0.2) is 0 Å². The van der Waals surface area contributed by atoms with E-state index in [2.05, 4.69) is 13.8 Å². The molecule has 0 radical (unpaired) electrons. The van der Waals surface area contributed by atoms with E-state index < -0.39 is 0 Å². The van der Waals surface area contributed by atoms with Crippen LogP contribution in [0.5, 0.6) is 0 Å². The molecule has 0 rings (SSSR count). The molecule has 0 saturated carbocycles. The predicted molar refractivity (Wildman–Crippen MR) is 33.1 cm³/mol. The third-order valence-electron chi connectivity index (χ3n) is 1.13. The van der Waals surface area contributed by atoms with Gasteiger partial charge in [-0.2, -0.15) is 0 Å². The number of hydrogen-bond acceptors (Lipinski definition) is 1. The average Bonchev–Trinajstić information content (AvgIpc) is 1.68. The SMILES string of the molecule is CCC[C@@H](C)C[I-]N. The number of alkyl halides is 1. The van der Waals surface area contributed by atoms with Crippen molar-refractivity contribution in [3.8, 4) is 0 Å². The van der Waals surface area contributed by atoms with Crippen molar-refractivity contribution in [3.63, 3.8) is 0 Å². The van der Waals surface area contributed by atoms with Crippen LogP contribution in [0.1, 0.15) is 26.7 Å². The zero-order chi connectivity index (χ0) is 6.41. The molecule has 1 atom stereocenters. The molecule has 0 aromatic rings. The molecular weight excluding hydrogens is 213 g/mol. The normalized spacial score (nSPS) is 14.4. The first-order valence-corrected chi connectivity index (χ1v) is 5.86. The molecule has 0 bridgehead atoms. The predicted octanol–water partition coefficient (Wildman–Crippen LogP) is -1.61. The Hall–Kier alpha value is 0.690. The molecular formula is C6H15IN-. The third kappa shape index (κ3) is 4.84. The van der Waals surface area contributed by atoms with E-state index in [1.54, 1.807) is 0 Å². The number of nitrogens with two attached hydrogens (primary N) is 1. The van der Waals surface area contributed by atoms with Gasteiger partial charge in [0.2, 0.25) is 0 Å². The van der Waals surface area contributed by atoms with Crippen LogP contribution in [0.3, 0.4) is 0 Å². The zero-order valence-corrected chi connectivity index (χ0v) is 7.81. The first kappa shape index (κ1) is 8.69. The van der Waals surface area contributed by atoms with Crippen LogP contribution < -0.4 is 25.4 Å². The summed E-state index contributed by atoms with van der Waals surface area (Å²) >= 11 is 0.0547. The van der Waals surface area contributed by atoms with Crippen LogP contribution in [-0.2, 0) is 0 Å². The molecule has 2 N–H and O–H groups in total. The van der Waals surface area contributed by atoms with E-state index in [1.165, 1.54) is 17.3 Å². The minimum absolute atomic E-state index is 0.0547. The van der Waals surface area contributed by atoms with Gasteiger partial charge in [0.25, 0.3) is 0 Å². The van der Waals surface area contributed by atoms with Gasteiger partial charge >= 0.3 is 62.5 Å². The van der Waals surface area contributed by atoms with E-state index in [0.717, 1.165) is 5.92 Å². The summed E-state index contributed by atoms with van der Waals surface area (Å²) in [5, 5.41) is 0. The monoisotopic (exact) mass is 228 g/mol. The van der Waals surface area contributed by atoms with Gasteiger partial charge in [-0.05, 0) is 0 Å². The van der Waals surface area contributed by atoms with Gasteiger partial charge in [0, 0.05) is 0 Å². The zero-order valence-electron chi connectivity index (χ0n) is 5.65. The Balaban J connectivity index is 2.92. The van der Waals surface area contributed by atoms with Crippen LogP contribution in [0.4, 0.5) is 0 Å². The second-order valence-corrected chi connectivity index (χ2v) is 3.96. The van der Waals surface area contributed by atoms with Crippen molar-refractivity contribution in [3.05, 3.63) is 0 Å². The Morgan fingerprint density at radius 2 is 2.25 bits per heavy atom. The molecule has 0 aliphatic carbocycles. The van der Waals surface area contributed by atoms with Crippen LogP contribution in [0.25, 0.3) is 0 Å². The van der Waals surface area contributed by atoms with E-state index in [9.17, 15) is 0 Å². The van der Waals surface area contributed by atoms with Gasteiger partial charge in [-0.25, -0.2) is 0 Å². The molecule has 8 heavy (non-hydrogen) atoms. The maximum atomic E-state index is 5.47. The van der Waals surface area contributed by atoms with Crippen molar-refractivity contribution >= 4 is 0 Å². The molecule has 2 heteroatoms. The summed E-state index contributed by atoms with van der Waals surface area (Å²) in [6.07, 6.45) is 2.67. The first-order valence-electron chi connectivity index (χ1n) is 3.09. The quantitative estimate of drug-likeness (QED) is 0.349. The molecule has 0 heterocycles. The summed E-state index contributed by atoms with van der Waals surface area (Å²) in [7, 11) is 0. The van der Waals surface area contributed by atoms with Crippen molar-refractivity contribution in [2.75, 3.05) is 4.43 Å². The van der Waals surface area contributed by atoms with Gasteiger partial charge in [-0.1, -0.05) is 0 Å². The standard InChI is InChI=1S/C6H15IN/c1-3-4-6(2)5-7-8/h6H,3-5,8H2,1-2H3/q-1/t6-/m1/s1. The molecule has 1 nitrogen and oxygen atoms in total. The third-order valence-corrected chi connectivity index (χ3v) is 3.15. The van der Waals surface area contributed by atoms with Crippen LogP contribution >= 0.6 is 0 Å². The first-order chi connectivity index (χ1) is 3.81. The fraction of sp³-hybridized carbons (Fsp3) is 1.00. The molecule has 52 valence electrons. The van der Waals surface area contributed by atoms with E-state index in [1.807, 2.05) is 0 Å². The molecule has 0 fully saturated rings. The van der Waals surface area contributed by atoms with Gasteiger partial charge in [0.15, 0.2) is 0 Å². The Morgan fingerprint density at radius 1 is 1.62 bits per heavy atom. The minimum atomic E-state index is 0.0547. The molecule has 0 spiro atoms. The van der Waals surface area contributed by atoms with Crippen LogP contribution in [0, 0.1) is 5.92 Å². The van der Waals surface area contributed by atoms with Crippen LogP contribution in [-0.4, -0.2) is 4.43 Å². The van der Waals surface area contributed by atoms with E-state index in [-0.39, 0.29) is 21.5 Å². The van der Waals surface area contributed by atoms with Crippen molar-refractivity contribution in [1.82, 2.24) is 0 Å². The van der Waals surface area contributed by atoms with Gasteiger partial charge < -0.3 is 0 Å². The number of halogens is 1. The summed E-state index contributed by atoms with van der Waals surface area (Å²) in [5.74, 6) is 0.887. The molecule has 0 saturated heterocycles. The topological polar surface area (TPSA) is 26.0 Å². The summed E-state index contributed by atoms with van der Waals surface area (Å²) in [6, 6.07) is 0. The average molecular weight is 228 g/mol. The van der Waals surface area contributed by atoms with Crippen molar-refractivity contribution in [1.29, 1.82) is 0 Å². The van der Waals surface area contributed by atoms with Gasteiger partial charge in [-0.3, -0.25) is 0 Å². The number of rotatable bonds is 4.